The second-order valence-corrected chi connectivity index (χ2v) is 7.98. The first-order valence-corrected chi connectivity index (χ1v) is 11.2. The first-order chi connectivity index (χ1) is 14.8. The third kappa shape index (κ3) is 9.17. The Balaban J connectivity index is 0.00000341. The van der Waals surface area contributed by atoms with Crippen LogP contribution in [0.15, 0.2) is 59.6 Å². The topological polar surface area (TPSA) is 48.9 Å². The summed E-state index contributed by atoms with van der Waals surface area (Å²) in [6, 6.07) is 19.3. The second kappa shape index (κ2) is 14.4. The van der Waals surface area contributed by atoms with E-state index in [0.29, 0.717) is 19.3 Å². The van der Waals surface area contributed by atoms with Gasteiger partial charge >= 0.3 is 0 Å². The molecule has 1 aliphatic heterocycles. The Morgan fingerprint density at radius 2 is 1.68 bits per heavy atom. The molecule has 0 saturated carbocycles. The van der Waals surface area contributed by atoms with Crippen molar-refractivity contribution >= 4 is 29.9 Å². The van der Waals surface area contributed by atoms with Gasteiger partial charge < -0.3 is 20.3 Å². The van der Waals surface area contributed by atoms with Gasteiger partial charge in [-0.1, -0.05) is 61.5 Å². The van der Waals surface area contributed by atoms with E-state index in [1.54, 1.807) is 0 Å². The predicted molar refractivity (Wildman–Crippen MR) is 140 cm³/mol. The van der Waals surface area contributed by atoms with E-state index in [9.17, 15) is 0 Å². The number of nitrogens with one attached hydrogen (secondary N) is 2. The molecular formula is C25H37IN4O. The highest BCUT2D eigenvalue weighted by Gasteiger charge is 2.19. The Labute approximate surface area is 204 Å². The molecular weight excluding hydrogens is 499 g/mol. The van der Waals surface area contributed by atoms with Gasteiger partial charge in [0.25, 0.3) is 0 Å². The fourth-order valence-electron chi connectivity index (χ4n) is 3.88. The zero-order chi connectivity index (χ0) is 21.0. The number of nitrogens with zero attached hydrogens (tertiary/aromatic N) is 2. The number of hydrogen-bond acceptors (Lipinski definition) is 3. The summed E-state index contributed by atoms with van der Waals surface area (Å²) in [6.45, 7) is 7.82. The SMILES string of the molecule is CCCN1CCC(NC(=NC)NCc2cccc(COCc3ccccc3)c2)CC1.I. The van der Waals surface area contributed by atoms with Gasteiger partial charge in [-0.3, -0.25) is 4.99 Å². The van der Waals surface area contributed by atoms with Crippen molar-refractivity contribution < 1.29 is 4.74 Å². The van der Waals surface area contributed by atoms with Gasteiger partial charge in [-0.2, -0.15) is 0 Å². The van der Waals surface area contributed by atoms with E-state index in [1.165, 1.54) is 55.6 Å². The Bertz CT molecular complexity index is 776. The van der Waals surface area contributed by atoms with Crippen LogP contribution in [0.3, 0.4) is 0 Å². The van der Waals surface area contributed by atoms with Crippen molar-refractivity contribution in [1.29, 1.82) is 0 Å². The van der Waals surface area contributed by atoms with Gasteiger partial charge in [-0.15, -0.1) is 24.0 Å². The molecule has 1 saturated heterocycles. The van der Waals surface area contributed by atoms with E-state index in [4.69, 9.17) is 4.74 Å². The van der Waals surface area contributed by atoms with Gasteiger partial charge in [0.2, 0.25) is 0 Å². The van der Waals surface area contributed by atoms with Crippen molar-refractivity contribution in [3.05, 3.63) is 71.3 Å². The van der Waals surface area contributed by atoms with Crippen molar-refractivity contribution in [2.45, 2.75) is 52.0 Å². The van der Waals surface area contributed by atoms with E-state index in [2.05, 4.69) is 63.8 Å². The largest absolute Gasteiger partial charge is 0.372 e. The Hall–Kier alpha value is -1.64. The summed E-state index contributed by atoms with van der Waals surface area (Å²) in [4.78, 5) is 6.97. The van der Waals surface area contributed by atoms with Gasteiger partial charge in [-0.25, -0.2) is 0 Å². The third-order valence-electron chi connectivity index (χ3n) is 5.52. The van der Waals surface area contributed by atoms with E-state index in [0.717, 1.165) is 12.5 Å². The summed E-state index contributed by atoms with van der Waals surface area (Å²) in [7, 11) is 1.84. The van der Waals surface area contributed by atoms with Crippen LogP contribution in [-0.2, 0) is 24.5 Å². The van der Waals surface area contributed by atoms with Crippen molar-refractivity contribution in [3.8, 4) is 0 Å². The Morgan fingerprint density at radius 1 is 1.00 bits per heavy atom. The number of aliphatic imine (C=N–C) groups is 1. The molecule has 5 nitrogen and oxygen atoms in total. The first-order valence-electron chi connectivity index (χ1n) is 11.2. The zero-order valence-electron chi connectivity index (χ0n) is 18.8. The molecule has 2 N–H and O–H groups in total. The highest BCUT2D eigenvalue weighted by Crippen LogP contribution is 2.11. The fraction of sp³-hybridized carbons (Fsp3) is 0.480. The van der Waals surface area contributed by atoms with E-state index in [1.807, 2.05) is 25.2 Å². The molecule has 0 radical (unpaired) electrons. The van der Waals surface area contributed by atoms with Crippen molar-refractivity contribution in [1.82, 2.24) is 15.5 Å². The highest BCUT2D eigenvalue weighted by molar-refractivity contribution is 14.0. The number of likely N-dealkylation sites (tertiary alicyclic amines) is 1. The van der Waals surface area contributed by atoms with Crippen LogP contribution in [0.25, 0.3) is 0 Å². The number of hydrogen-bond donors (Lipinski definition) is 2. The van der Waals surface area contributed by atoms with Gasteiger partial charge in [-0.05, 0) is 42.5 Å². The van der Waals surface area contributed by atoms with Gasteiger partial charge in [0, 0.05) is 32.7 Å². The predicted octanol–water partition coefficient (Wildman–Crippen LogP) is 4.56. The standard InChI is InChI=1S/C25H36N4O.HI/c1-3-14-29-15-12-24(13-16-29)28-25(26-2)27-18-22-10-7-11-23(17-22)20-30-19-21-8-5-4-6-9-21;/h4-11,17,24H,3,12-16,18-20H2,1-2H3,(H2,26,27,28);1H. The molecule has 0 aromatic heterocycles. The van der Waals surface area contributed by atoms with Crippen LogP contribution in [0.5, 0.6) is 0 Å². The van der Waals surface area contributed by atoms with E-state index in [-0.39, 0.29) is 24.0 Å². The maximum atomic E-state index is 5.87. The molecule has 2 aromatic rings. The maximum absolute atomic E-state index is 5.87. The number of ether oxygens (including phenoxy) is 1. The molecule has 2 aromatic carbocycles. The molecule has 170 valence electrons. The van der Waals surface area contributed by atoms with Crippen molar-refractivity contribution in [2.75, 3.05) is 26.7 Å². The molecule has 0 unspecified atom stereocenters. The summed E-state index contributed by atoms with van der Waals surface area (Å²) in [6.07, 6.45) is 3.58. The van der Waals surface area contributed by atoms with E-state index >= 15 is 0 Å². The second-order valence-electron chi connectivity index (χ2n) is 7.98. The van der Waals surface area contributed by atoms with Gasteiger partial charge in [0.1, 0.15) is 0 Å². The highest BCUT2D eigenvalue weighted by atomic mass is 127. The molecule has 0 spiro atoms. The summed E-state index contributed by atoms with van der Waals surface area (Å²) in [5, 5.41) is 7.06. The van der Waals surface area contributed by atoms with Crippen LogP contribution in [0.1, 0.15) is 42.9 Å². The molecule has 0 atom stereocenters. The molecule has 0 amide bonds. The number of piperidine rings is 1. The van der Waals surface area contributed by atoms with Crippen LogP contribution < -0.4 is 10.6 Å². The monoisotopic (exact) mass is 536 g/mol. The summed E-state index contributed by atoms with van der Waals surface area (Å²) < 4.78 is 5.87. The molecule has 0 aliphatic carbocycles. The van der Waals surface area contributed by atoms with Crippen molar-refractivity contribution in [3.63, 3.8) is 0 Å². The fourth-order valence-corrected chi connectivity index (χ4v) is 3.88. The van der Waals surface area contributed by atoms with Gasteiger partial charge in [0.05, 0.1) is 13.2 Å². The molecule has 31 heavy (non-hydrogen) atoms. The number of benzene rings is 2. The molecule has 3 rings (SSSR count). The third-order valence-corrected chi connectivity index (χ3v) is 5.52. The zero-order valence-corrected chi connectivity index (χ0v) is 21.2. The summed E-state index contributed by atoms with van der Waals surface area (Å²) in [5.74, 6) is 0.884. The van der Waals surface area contributed by atoms with Crippen molar-refractivity contribution in [2.24, 2.45) is 4.99 Å². The van der Waals surface area contributed by atoms with Crippen LogP contribution in [0.4, 0.5) is 0 Å². The van der Waals surface area contributed by atoms with Crippen LogP contribution >= 0.6 is 24.0 Å². The number of guanidine groups is 1. The molecule has 1 fully saturated rings. The average molecular weight is 537 g/mol. The first kappa shape index (κ1) is 25.6. The number of halogens is 1. The summed E-state index contributed by atoms with van der Waals surface area (Å²) >= 11 is 0. The minimum Gasteiger partial charge on any atom is -0.372 e. The molecule has 0 bridgehead atoms. The quantitative estimate of drug-likeness (QED) is 0.280. The molecule has 6 heteroatoms. The lowest BCUT2D eigenvalue weighted by Crippen LogP contribution is -2.48. The van der Waals surface area contributed by atoms with Crippen LogP contribution in [-0.4, -0.2) is 43.6 Å². The molecule has 1 heterocycles. The Morgan fingerprint density at radius 3 is 2.39 bits per heavy atom. The van der Waals surface area contributed by atoms with Gasteiger partial charge in [0.15, 0.2) is 5.96 Å². The lowest BCUT2D eigenvalue weighted by Gasteiger charge is -2.32. The Kier molecular flexibility index (Phi) is 11.9. The smallest absolute Gasteiger partial charge is 0.191 e. The average Bonchev–Trinajstić information content (AvgIpc) is 2.79. The minimum atomic E-state index is 0. The lowest BCUT2D eigenvalue weighted by molar-refractivity contribution is 0.107. The van der Waals surface area contributed by atoms with Crippen LogP contribution in [0, 0.1) is 0 Å². The maximum Gasteiger partial charge on any atom is 0.191 e. The lowest BCUT2D eigenvalue weighted by atomic mass is 10.1. The minimum absolute atomic E-state index is 0. The number of rotatable bonds is 9. The summed E-state index contributed by atoms with van der Waals surface area (Å²) in [5.41, 5.74) is 3.62. The van der Waals surface area contributed by atoms with Crippen LogP contribution in [0.2, 0.25) is 0 Å². The molecule has 1 aliphatic rings. The van der Waals surface area contributed by atoms with E-state index < -0.39 is 0 Å². The normalized spacial score (nSPS) is 15.4.